The fourth-order valence-corrected chi connectivity index (χ4v) is 3.12. The number of hydrogen-bond donors (Lipinski definition) is 2. The molecule has 2 aliphatic carbocycles. The summed E-state index contributed by atoms with van der Waals surface area (Å²) in [5.74, 6) is 1.71. The third-order valence-electron chi connectivity index (χ3n) is 4.92. The molecule has 0 saturated heterocycles. The van der Waals surface area contributed by atoms with Crippen molar-refractivity contribution in [3.8, 4) is 0 Å². The zero-order valence-corrected chi connectivity index (χ0v) is 18.0. The van der Waals surface area contributed by atoms with Gasteiger partial charge in [-0.15, -0.1) is 24.0 Å². The summed E-state index contributed by atoms with van der Waals surface area (Å²) in [6.07, 6.45) is 6.11. The van der Waals surface area contributed by atoms with E-state index in [9.17, 15) is 0 Å². The highest BCUT2D eigenvalue weighted by atomic mass is 127. The van der Waals surface area contributed by atoms with Crippen molar-refractivity contribution < 1.29 is 4.74 Å². The summed E-state index contributed by atoms with van der Waals surface area (Å²) in [6, 6.07) is 8.23. The normalized spacial score (nSPS) is 18.4. The lowest BCUT2D eigenvalue weighted by Gasteiger charge is -2.19. The summed E-state index contributed by atoms with van der Waals surface area (Å²) < 4.78 is 5.65. The van der Waals surface area contributed by atoms with Crippen molar-refractivity contribution in [3.63, 3.8) is 0 Å². The summed E-state index contributed by atoms with van der Waals surface area (Å²) in [6.45, 7) is 3.54. The van der Waals surface area contributed by atoms with E-state index in [1.807, 2.05) is 19.2 Å². The van der Waals surface area contributed by atoms with E-state index >= 15 is 0 Å². The van der Waals surface area contributed by atoms with E-state index in [1.54, 1.807) is 0 Å². The van der Waals surface area contributed by atoms with E-state index in [1.165, 1.54) is 31.2 Å². The predicted octanol–water partition coefficient (Wildman–Crippen LogP) is 3.97. The maximum Gasteiger partial charge on any atom is 0.191 e. The molecule has 0 heterocycles. The van der Waals surface area contributed by atoms with Crippen LogP contribution in [0.25, 0.3) is 0 Å². The largest absolute Gasteiger partial charge is 0.381 e. The van der Waals surface area contributed by atoms with Crippen LogP contribution in [0.4, 0.5) is 0 Å². The molecule has 1 aromatic rings. The van der Waals surface area contributed by atoms with Crippen molar-refractivity contribution in [2.75, 3.05) is 33.4 Å². The Hall–Kier alpha value is -0.530. The summed E-state index contributed by atoms with van der Waals surface area (Å²) >= 11 is 6.13. The number of benzene rings is 1. The van der Waals surface area contributed by atoms with Crippen LogP contribution in [0.5, 0.6) is 0 Å². The van der Waals surface area contributed by atoms with Crippen LogP contribution >= 0.6 is 35.6 Å². The number of hydrogen-bond acceptors (Lipinski definition) is 2. The number of aliphatic imine (C=N–C) groups is 1. The molecule has 0 radical (unpaired) electrons. The lowest BCUT2D eigenvalue weighted by atomic mass is 9.96. The Morgan fingerprint density at radius 2 is 2.12 bits per heavy atom. The SMILES string of the molecule is CN=C(NCCCOCC1CC1)NCC1(c2cccc(Cl)c2)CC1.I. The summed E-state index contributed by atoms with van der Waals surface area (Å²) in [5, 5.41) is 7.65. The maximum atomic E-state index is 6.13. The molecular formula is C19H29ClIN3O. The Kier molecular flexibility index (Phi) is 8.29. The predicted molar refractivity (Wildman–Crippen MR) is 115 cm³/mol. The molecule has 0 amide bonds. The highest BCUT2D eigenvalue weighted by molar-refractivity contribution is 14.0. The van der Waals surface area contributed by atoms with Gasteiger partial charge in [0.2, 0.25) is 0 Å². The van der Waals surface area contributed by atoms with Crippen LogP contribution in [0, 0.1) is 5.92 Å². The van der Waals surface area contributed by atoms with Crippen molar-refractivity contribution in [2.24, 2.45) is 10.9 Å². The molecule has 6 heteroatoms. The average Bonchev–Trinajstić information content (AvgIpc) is 3.49. The standard InChI is InChI=1S/C19H28ClN3O.HI/c1-21-18(22-10-3-11-24-13-15-6-7-15)23-14-19(8-9-19)16-4-2-5-17(20)12-16;/h2,4-5,12,15H,3,6-11,13-14H2,1H3,(H2,21,22,23);1H. The lowest BCUT2D eigenvalue weighted by molar-refractivity contribution is 0.123. The molecule has 1 aromatic carbocycles. The Bertz CT molecular complexity index is 574. The second-order valence-corrected chi connectivity index (χ2v) is 7.45. The van der Waals surface area contributed by atoms with Crippen molar-refractivity contribution in [2.45, 2.75) is 37.5 Å². The van der Waals surface area contributed by atoms with Crippen LogP contribution in [0.15, 0.2) is 29.3 Å². The Morgan fingerprint density at radius 3 is 2.76 bits per heavy atom. The first-order chi connectivity index (χ1) is 11.7. The van der Waals surface area contributed by atoms with E-state index in [0.29, 0.717) is 0 Å². The smallest absolute Gasteiger partial charge is 0.191 e. The van der Waals surface area contributed by atoms with Gasteiger partial charge in [-0.2, -0.15) is 0 Å². The molecule has 2 fully saturated rings. The van der Waals surface area contributed by atoms with E-state index in [4.69, 9.17) is 16.3 Å². The monoisotopic (exact) mass is 477 g/mol. The van der Waals surface area contributed by atoms with Gasteiger partial charge in [0.25, 0.3) is 0 Å². The third kappa shape index (κ3) is 6.61. The molecule has 0 bridgehead atoms. The van der Waals surface area contributed by atoms with Crippen LogP contribution in [-0.4, -0.2) is 39.3 Å². The van der Waals surface area contributed by atoms with Crippen LogP contribution in [-0.2, 0) is 10.2 Å². The van der Waals surface area contributed by atoms with E-state index in [0.717, 1.165) is 49.6 Å². The molecule has 2 aliphatic rings. The van der Waals surface area contributed by atoms with Crippen LogP contribution in [0.3, 0.4) is 0 Å². The van der Waals surface area contributed by atoms with Gasteiger partial charge in [-0.3, -0.25) is 4.99 Å². The summed E-state index contributed by atoms with van der Waals surface area (Å²) in [7, 11) is 1.82. The van der Waals surface area contributed by atoms with Gasteiger partial charge in [0.05, 0.1) is 0 Å². The van der Waals surface area contributed by atoms with Gasteiger partial charge in [0.15, 0.2) is 5.96 Å². The number of halogens is 2. The minimum Gasteiger partial charge on any atom is -0.381 e. The molecule has 0 atom stereocenters. The van der Waals surface area contributed by atoms with Gasteiger partial charge < -0.3 is 15.4 Å². The maximum absolute atomic E-state index is 6.13. The number of nitrogens with zero attached hydrogens (tertiary/aromatic N) is 1. The van der Waals surface area contributed by atoms with Crippen molar-refractivity contribution in [1.82, 2.24) is 10.6 Å². The van der Waals surface area contributed by atoms with E-state index < -0.39 is 0 Å². The highest BCUT2D eigenvalue weighted by Gasteiger charge is 2.44. The van der Waals surface area contributed by atoms with Gasteiger partial charge in [0.1, 0.15) is 0 Å². The quantitative estimate of drug-likeness (QED) is 0.245. The number of nitrogens with one attached hydrogen (secondary N) is 2. The second kappa shape index (κ2) is 9.97. The Balaban J connectivity index is 0.00000225. The molecule has 4 nitrogen and oxygen atoms in total. The zero-order chi connectivity index (χ0) is 16.8. The molecule has 25 heavy (non-hydrogen) atoms. The van der Waals surface area contributed by atoms with E-state index in [2.05, 4.69) is 27.8 Å². The summed E-state index contributed by atoms with van der Waals surface area (Å²) in [4.78, 5) is 4.31. The zero-order valence-electron chi connectivity index (χ0n) is 14.9. The molecule has 0 spiro atoms. The molecule has 2 saturated carbocycles. The molecule has 0 aromatic heterocycles. The lowest BCUT2D eigenvalue weighted by Crippen LogP contribution is -2.41. The molecule has 0 unspecified atom stereocenters. The fraction of sp³-hybridized carbons (Fsp3) is 0.632. The van der Waals surface area contributed by atoms with Crippen LogP contribution in [0.2, 0.25) is 5.02 Å². The minimum absolute atomic E-state index is 0. The number of rotatable bonds is 9. The fourth-order valence-electron chi connectivity index (χ4n) is 2.93. The second-order valence-electron chi connectivity index (χ2n) is 7.02. The van der Waals surface area contributed by atoms with Crippen molar-refractivity contribution in [1.29, 1.82) is 0 Å². The van der Waals surface area contributed by atoms with Crippen LogP contribution in [0.1, 0.15) is 37.7 Å². The highest BCUT2D eigenvalue weighted by Crippen LogP contribution is 2.48. The van der Waals surface area contributed by atoms with Gasteiger partial charge in [-0.1, -0.05) is 23.7 Å². The van der Waals surface area contributed by atoms with Gasteiger partial charge in [0, 0.05) is 43.8 Å². The van der Waals surface area contributed by atoms with Gasteiger partial charge >= 0.3 is 0 Å². The van der Waals surface area contributed by atoms with Crippen LogP contribution < -0.4 is 10.6 Å². The van der Waals surface area contributed by atoms with Crippen molar-refractivity contribution >= 4 is 41.5 Å². The van der Waals surface area contributed by atoms with Crippen molar-refractivity contribution in [3.05, 3.63) is 34.9 Å². The topological polar surface area (TPSA) is 45.7 Å². The first-order valence-electron chi connectivity index (χ1n) is 9.00. The molecule has 2 N–H and O–H groups in total. The Morgan fingerprint density at radius 1 is 1.32 bits per heavy atom. The number of guanidine groups is 1. The molecule has 140 valence electrons. The molecule has 3 rings (SSSR count). The third-order valence-corrected chi connectivity index (χ3v) is 5.15. The first kappa shape index (κ1) is 20.8. The van der Waals surface area contributed by atoms with E-state index in [-0.39, 0.29) is 29.4 Å². The first-order valence-corrected chi connectivity index (χ1v) is 9.38. The minimum atomic E-state index is 0. The van der Waals surface area contributed by atoms with Gasteiger partial charge in [-0.05, 0) is 55.7 Å². The Labute approximate surface area is 173 Å². The average molecular weight is 478 g/mol. The molecule has 0 aliphatic heterocycles. The summed E-state index contributed by atoms with van der Waals surface area (Å²) in [5.41, 5.74) is 1.54. The number of ether oxygens (including phenoxy) is 1. The van der Waals surface area contributed by atoms with Gasteiger partial charge in [-0.25, -0.2) is 0 Å². The molecular weight excluding hydrogens is 449 g/mol.